The van der Waals surface area contributed by atoms with E-state index in [4.69, 9.17) is 4.42 Å². The monoisotopic (exact) mass is 834 g/mol. The van der Waals surface area contributed by atoms with Gasteiger partial charge in [0.05, 0.1) is 16.7 Å². The van der Waals surface area contributed by atoms with E-state index in [9.17, 15) is 0 Å². The van der Waals surface area contributed by atoms with Crippen LogP contribution in [0.4, 0.5) is 17.1 Å². The van der Waals surface area contributed by atoms with E-state index in [1.54, 1.807) is 0 Å². The molecule has 4 heteroatoms. The molecule has 3 heterocycles. The SMILES string of the molecule is c1ccc(-c2ccc(N(c3cccc(-c4ccccc4)c3)c3cccc4c5c(-c6ccc7c(c6)sc6ccccc67)c6c(cc5n(-c5ccccc5)c34)oc3ccccc36)cc2)cc1. The number of furan rings is 1. The Morgan fingerprint density at radius 1 is 0.375 bits per heavy atom. The smallest absolute Gasteiger partial charge is 0.138 e. The molecule has 0 saturated carbocycles. The average Bonchev–Trinajstić information content (AvgIpc) is 4.04. The van der Waals surface area contributed by atoms with Gasteiger partial charge in [-0.3, -0.25) is 0 Å². The maximum Gasteiger partial charge on any atom is 0.138 e. The van der Waals surface area contributed by atoms with Gasteiger partial charge >= 0.3 is 0 Å². The van der Waals surface area contributed by atoms with Crippen LogP contribution in [0.5, 0.6) is 0 Å². The Morgan fingerprint density at radius 2 is 0.984 bits per heavy atom. The van der Waals surface area contributed by atoms with E-state index in [2.05, 4.69) is 240 Å². The Balaban J connectivity index is 1.15. The number of aromatic nitrogens is 1. The molecule has 10 aromatic carbocycles. The number of fused-ring (bicyclic) bond motifs is 9. The maximum atomic E-state index is 6.84. The van der Waals surface area contributed by atoms with Crippen LogP contribution in [-0.4, -0.2) is 4.57 Å². The summed E-state index contributed by atoms with van der Waals surface area (Å²) in [5.74, 6) is 0. The molecule has 3 nitrogen and oxygen atoms in total. The topological polar surface area (TPSA) is 21.3 Å². The first-order valence-electron chi connectivity index (χ1n) is 21.7. The van der Waals surface area contributed by atoms with Crippen LogP contribution < -0.4 is 4.90 Å². The first-order valence-corrected chi connectivity index (χ1v) is 22.6. The van der Waals surface area contributed by atoms with E-state index in [1.165, 1.54) is 58.8 Å². The number of para-hydroxylation sites is 3. The molecule has 0 aliphatic rings. The fraction of sp³-hybridized carbons (Fsp3) is 0. The van der Waals surface area contributed by atoms with Crippen molar-refractivity contribution in [1.82, 2.24) is 4.57 Å². The highest BCUT2D eigenvalue weighted by Gasteiger charge is 2.27. The van der Waals surface area contributed by atoms with Crippen molar-refractivity contribution in [3.8, 4) is 39.1 Å². The third kappa shape index (κ3) is 5.81. The van der Waals surface area contributed by atoms with E-state index in [0.717, 1.165) is 61.3 Å². The van der Waals surface area contributed by atoms with Crippen molar-refractivity contribution in [3.63, 3.8) is 0 Å². The lowest BCUT2D eigenvalue weighted by Gasteiger charge is -2.28. The molecule has 3 aromatic heterocycles. The van der Waals surface area contributed by atoms with E-state index in [0.29, 0.717) is 0 Å². The van der Waals surface area contributed by atoms with Gasteiger partial charge in [-0.2, -0.15) is 0 Å². The van der Waals surface area contributed by atoms with Crippen LogP contribution in [0.1, 0.15) is 0 Å². The fourth-order valence-electron chi connectivity index (χ4n) is 9.92. The predicted octanol–water partition coefficient (Wildman–Crippen LogP) is 17.5. The number of benzene rings is 10. The summed E-state index contributed by atoms with van der Waals surface area (Å²) in [4.78, 5) is 2.43. The first kappa shape index (κ1) is 36.5. The Kier molecular flexibility index (Phi) is 8.40. The summed E-state index contributed by atoms with van der Waals surface area (Å²) in [6.45, 7) is 0. The molecule has 0 bridgehead atoms. The Labute approximate surface area is 373 Å². The van der Waals surface area contributed by atoms with Gasteiger partial charge in [0.1, 0.15) is 11.2 Å². The highest BCUT2D eigenvalue weighted by Crippen LogP contribution is 2.50. The van der Waals surface area contributed by atoms with Crippen molar-refractivity contribution in [1.29, 1.82) is 0 Å². The first-order chi connectivity index (χ1) is 31.7. The summed E-state index contributed by atoms with van der Waals surface area (Å²) in [5.41, 5.74) is 15.3. The van der Waals surface area contributed by atoms with E-state index in [1.807, 2.05) is 11.3 Å². The zero-order valence-corrected chi connectivity index (χ0v) is 35.5. The van der Waals surface area contributed by atoms with Gasteiger partial charge in [-0.25, -0.2) is 0 Å². The molecule has 0 amide bonds. The molecule has 0 spiro atoms. The quantitative estimate of drug-likeness (QED) is 0.159. The molecule has 0 unspecified atom stereocenters. The molecule has 300 valence electrons. The third-order valence-electron chi connectivity index (χ3n) is 12.8. The normalized spacial score (nSPS) is 11.8. The number of rotatable bonds is 7. The predicted molar refractivity (Wildman–Crippen MR) is 272 cm³/mol. The molecule has 0 fully saturated rings. The summed E-state index contributed by atoms with van der Waals surface area (Å²) >= 11 is 1.86. The highest BCUT2D eigenvalue weighted by molar-refractivity contribution is 7.25. The van der Waals surface area contributed by atoms with Crippen LogP contribution in [-0.2, 0) is 0 Å². The van der Waals surface area contributed by atoms with Crippen LogP contribution in [0.2, 0.25) is 0 Å². The minimum atomic E-state index is 0.866. The summed E-state index contributed by atoms with van der Waals surface area (Å²) in [6.07, 6.45) is 0. The number of thiophene rings is 1. The minimum absolute atomic E-state index is 0.866. The van der Waals surface area contributed by atoms with Crippen LogP contribution in [0.3, 0.4) is 0 Å². The van der Waals surface area contributed by atoms with Crippen molar-refractivity contribution < 1.29 is 4.42 Å². The lowest BCUT2D eigenvalue weighted by Crippen LogP contribution is -2.11. The second-order valence-electron chi connectivity index (χ2n) is 16.4. The number of hydrogen-bond acceptors (Lipinski definition) is 3. The second-order valence-corrected chi connectivity index (χ2v) is 17.5. The van der Waals surface area contributed by atoms with Crippen LogP contribution in [0, 0.1) is 0 Å². The third-order valence-corrected chi connectivity index (χ3v) is 13.9. The summed E-state index contributed by atoms with van der Waals surface area (Å²) in [5, 5.41) is 7.18. The zero-order chi connectivity index (χ0) is 42.1. The van der Waals surface area contributed by atoms with Crippen molar-refractivity contribution in [2.45, 2.75) is 0 Å². The van der Waals surface area contributed by atoms with Gasteiger partial charge in [-0.05, 0) is 88.5 Å². The lowest BCUT2D eigenvalue weighted by molar-refractivity contribution is 0.669. The molecule has 64 heavy (non-hydrogen) atoms. The molecule has 0 aliphatic carbocycles. The number of hydrogen-bond donors (Lipinski definition) is 0. The second kappa shape index (κ2) is 14.7. The molecule has 0 saturated heterocycles. The Bertz CT molecular complexity index is 3880. The van der Waals surface area contributed by atoms with Gasteiger partial charge in [0.15, 0.2) is 0 Å². The van der Waals surface area contributed by atoms with Crippen LogP contribution >= 0.6 is 11.3 Å². The molecule has 0 N–H and O–H groups in total. The van der Waals surface area contributed by atoms with Crippen molar-refractivity contribution in [2.24, 2.45) is 0 Å². The number of anilines is 3. The van der Waals surface area contributed by atoms with Gasteiger partial charge in [0.2, 0.25) is 0 Å². The van der Waals surface area contributed by atoms with Gasteiger partial charge in [0.25, 0.3) is 0 Å². The van der Waals surface area contributed by atoms with E-state index < -0.39 is 0 Å². The highest BCUT2D eigenvalue weighted by atomic mass is 32.1. The van der Waals surface area contributed by atoms with Gasteiger partial charge in [-0.1, -0.05) is 164 Å². The van der Waals surface area contributed by atoms with Crippen LogP contribution in [0.25, 0.3) is 103 Å². The van der Waals surface area contributed by atoms with Crippen molar-refractivity contribution >= 4 is 92.3 Å². The summed E-state index contributed by atoms with van der Waals surface area (Å²) in [6, 6.07) is 83.4. The molecule has 0 aliphatic heterocycles. The molecule has 13 rings (SSSR count). The number of nitrogens with zero attached hydrogens (tertiary/aromatic N) is 2. The Morgan fingerprint density at radius 3 is 1.78 bits per heavy atom. The van der Waals surface area contributed by atoms with Gasteiger partial charge in [0, 0.05) is 70.4 Å². The maximum absolute atomic E-state index is 6.84. The molecule has 13 aromatic rings. The zero-order valence-electron chi connectivity index (χ0n) is 34.7. The average molecular weight is 835 g/mol. The standard InChI is InChI=1S/C60H38N2OS/c1-4-16-39(17-5-1)41-30-33-45(34-31-41)61(46-23-14-20-42(36-46)40-18-6-2-7-19-40)51-27-15-26-50-58-52(62(60(50)51)44-21-8-3-9-22-44)38-54-59(49-25-10-12-28-53(49)63-54)57(58)43-32-35-48-47-24-11-13-29-55(47)64-56(48)37-43/h1-38H. The van der Waals surface area contributed by atoms with E-state index in [-0.39, 0.29) is 0 Å². The molecule has 0 radical (unpaired) electrons. The van der Waals surface area contributed by atoms with Crippen LogP contribution in [0.15, 0.2) is 235 Å². The minimum Gasteiger partial charge on any atom is -0.456 e. The van der Waals surface area contributed by atoms with Crippen molar-refractivity contribution in [3.05, 3.63) is 231 Å². The van der Waals surface area contributed by atoms with E-state index >= 15 is 0 Å². The molecular formula is C60H38N2OS. The summed E-state index contributed by atoms with van der Waals surface area (Å²) < 4.78 is 11.9. The lowest BCUT2D eigenvalue weighted by atomic mass is 9.93. The largest absolute Gasteiger partial charge is 0.456 e. The van der Waals surface area contributed by atoms with Gasteiger partial charge in [-0.15, -0.1) is 11.3 Å². The molecule has 0 atom stereocenters. The molecular weight excluding hydrogens is 797 g/mol. The fourth-order valence-corrected chi connectivity index (χ4v) is 11.1. The summed E-state index contributed by atoms with van der Waals surface area (Å²) in [7, 11) is 0. The van der Waals surface area contributed by atoms with Gasteiger partial charge < -0.3 is 13.9 Å². The Hall–Kier alpha value is -8.18. The van der Waals surface area contributed by atoms with Crippen molar-refractivity contribution in [2.75, 3.05) is 4.90 Å².